The van der Waals surface area contributed by atoms with Crippen molar-refractivity contribution in [2.45, 2.75) is 26.2 Å². The molecule has 1 amide bonds. The lowest BCUT2D eigenvalue weighted by molar-refractivity contribution is -0.138. The third kappa shape index (κ3) is 3.21. The van der Waals surface area contributed by atoms with Crippen molar-refractivity contribution in [1.29, 1.82) is 0 Å². The van der Waals surface area contributed by atoms with E-state index in [1.165, 1.54) is 0 Å². The van der Waals surface area contributed by atoms with Crippen LogP contribution in [0.25, 0.3) is 0 Å². The van der Waals surface area contributed by atoms with E-state index in [-0.39, 0.29) is 24.2 Å². The van der Waals surface area contributed by atoms with Crippen LogP contribution in [0.15, 0.2) is 18.3 Å². The standard InChI is InChI=1S/C15H22N2O3/c1-11(9-14(18)19)12-5-3-8-17(10-12)15(20)13-6-4-7-16(13)2/h4,6-7,11-12H,3,5,8-10H2,1-2H3,(H,18,19). The SMILES string of the molecule is CC(CC(=O)O)C1CCCN(C(=O)c2cccn2C)C1. The van der Waals surface area contributed by atoms with E-state index in [1.54, 1.807) is 0 Å². The van der Waals surface area contributed by atoms with Crippen molar-refractivity contribution in [3.8, 4) is 0 Å². The summed E-state index contributed by atoms with van der Waals surface area (Å²) in [5, 5.41) is 8.89. The van der Waals surface area contributed by atoms with Gasteiger partial charge in [-0.15, -0.1) is 0 Å². The van der Waals surface area contributed by atoms with E-state index in [0.717, 1.165) is 19.4 Å². The Bertz CT molecular complexity index is 495. The summed E-state index contributed by atoms with van der Waals surface area (Å²) >= 11 is 0. The monoisotopic (exact) mass is 278 g/mol. The molecule has 1 saturated heterocycles. The van der Waals surface area contributed by atoms with Gasteiger partial charge in [0.2, 0.25) is 0 Å². The molecule has 2 rings (SSSR count). The Kier molecular flexibility index (Phi) is 4.47. The Labute approximate surface area is 119 Å². The van der Waals surface area contributed by atoms with Crippen LogP contribution < -0.4 is 0 Å². The number of aliphatic carboxylic acids is 1. The number of carboxylic acids is 1. The number of hydrogen-bond donors (Lipinski definition) is 1. The highest BCUT2D eigenvalue weighted by molar-refractivity contribution is 5.92. The summed E-state index contributed by atoms with van der Waals surface area (Å²) in [5.74, 6) is -0.325. The summed E-state index contributed by atoms with van der Waals surface area (Å²) in [4.78, 5) is 25.1. The summed E-state index contributed by atoms with van der Waals surface area (Å²) in [6, 6.07) is 3.69. The third-order valence-corrected chi connectivity index (χ3v) is 4.21. The van der Waals surface area contributed by atoms with E-state index in [4.69, 9.17) is 5.11 Å². The van der Waals surface area contributed by atoms with Crippen LogP contribution in [0.4, 0.5) is 0 Å². The molecule has 0 bridgehead atoms. The Morgan fingerprint density at radius 2 is 2.25 bits per heavy atom. The van der Waals surface area contributed by atoms with Gasteiger partial charge in [-0.3, -0.25) is 9.59 Å². The normalized spacial score (nSPS) is 20.7. The Morgan fingerprint density at radius 1 is 1.50 bits per heavy atom. The molecule has 0 radical (unpaired) electrons. The number of aromatic nitrogens is 1. The lowest BCUT2D eigenvalue weighted by Gasteiger charge is -2.35. The molecule has 5 heteroatoms. The Morgan fingerprint density at radius 3 is 2.85 bits per heavy atom. The van der Waals surface area contributed by atoms with Crippen molar-refractivity contribution in [2.75, 3.05) is 13.1 Å². The predicted molar refractivity (Wildman–Crippen MR) is 75.5 cm³/mol. The molecule has 1 aromatic heterocycles. The van der Waals surface area contributed by atoms with Gasteiger partial charge in [-0.25, -0.2) is 0 Å². The molecule has 0 spiro atoms. The first-order valence-electron chi connectivity index (χ1n) is 7.11. The van der Waals surface area contributed by atoms with Gasteiger partial charge in [-0.05, 0) is 36.8 Å². The molecule has 1 N–H and O–H groups in total. The number of carbonyl (C=O) groups excluding carboxylic acids is 1. The maximum absolute atomic E-state index is 12.5. The van der Waals surface area contributed by atoms with Gasteiger partial charge in [0.15, 0.2) is 0 Å². The van der Waals surface area contributed by atoms with Gasteiger partial charge >= 0.3 is 5.97 Å². The predicted octanol–water partition coefficient (Wildman–Crippen LogP) is 1.99. The summed E-state index contributed by atoms with van der Waals surface area (Å²) in [7, 11) is 1.86. The fraction of sp³-hybridized carbons (Fsp3) is 0.600. The van der Waals surface area contributed by atoms with Crippen LogP contribution in [-0.4, -0.2) is 39.5 Å². The number of rotatable bonds is 4. The smallest absolute Gasteiger partial charge is 0.303 e. The molecule has 2 unspecified atom stereocenters. The van der Waals surface area contributed by atoms with Gasteiger partial charge in [0.25, 0.3) is 5.91 Å². The molecule has 20 heavy (non-hydrogen) atoms. The number of amides is 1. The minimum atomic E-state index is -0.761. The van der Waals surface area contributed by atoms with Gasteiger partial charge in [0, 0.05) is 32.8 Å². The average molecular weight is 278 g/mol. The quantitative estimate of drug-likeness (QED) is 0.916. The van der Waals surface area contributed by atoms with E-state index in [2.05, 4.69) is 0 Å². The van der Waals surface area contributed by atoms with Gasteiger partial charge in [-0.1, -0.05) is 6.92 Å². The zero-order valence-corrected chi connectivity index (χ0v) is 12.1. The number of hydrogen-bond acceptors (Lipinski definition) is 2. The summed E-state index contributed by atoms with van der Waals surface area (Å²) in [5.41, 5.74) is 0.691. The number of aryl methyl sites for hydroxylation is 1. The van der Waals surface area contributed by atoms with E-state index in [9.17, 15) is 9.59 Å². The molecule has 2 heterocycles. The fourth-order valence-electron chi connectivity index (χ4n) is 2.95. The zero-order chi connectivity index (χ0) is 14.7. The molecule has 1 fully saturated rings. The van der Waals surface area contributed by atoms with Gasteiger partial charge in [0.1, 0.15) is 5.69 Å². The van der Waals surface area contributed by atoms with Crippen molar-refractivity contribution >= 4 is 11.9 Å². The zero-order valence-electron chi connectivity index (χ0n) is 12.1. The van der Waals surface area contributed by atoms with Crippen LogP contribution in [0, 0.1) is 11.8 Å². The van der Waals surface area contributed by atoms with Crippen molar-refractivity contribution in [3.05, 3.63) is 24.0 Å². The lowest BCUT2D eigenvalue weighted by atomic mass is 9.84. The Hall–Kier alpha value is -1.78. The summed E-state index contributed by atoms with van der Waals surface area (Å²) in [6.45, 7) is 3.40. The van der Waals surface area contributed by atoms with Crippen LogP contribution in [0.3, 0.4) is 0 Å². The molecule has 1 aliphatic heterocycles. The largest absolute Gasteiger partial charge is 0.481 e. The van der Waals surface area contributed by atoms with E-state index in [0.29, 0.717) is 12.2 Å². The topological polar surface area (TPSA) is 62.5 Å². The average Bonchev–Trinajstić information content (AvgIpc) is 2.83. The molecule has 0 saturated carbocycles. The lowest BCUT2D eigenvalue weighted by Crippen LogP contribution is -2.42. The number of nitrogens with zero attached hydrogens (tertiary/aromatic N) is 2. The van der Waals surface area contributed by atoms with Crippen molar-refractivity contribution < 1.29 is 14.7 Å². The molecule has 0 aromatic carbocycles. The molecule has 1 aliphatic rings. The molecule has 1 aromatic rings. The highest BCUT2D eigenvalue weighted by atomic mass is 16.4. The first kappa shape index (κ1) is 14.6. The van der Waals surface area contributed by atoms with Crippen LogP contribution in [0.1, 0.15) is 36.7 Å². The van der Waals surface area contributed by atoms with Crippen molar-refractivity contribution in [3.63, 3.8) is 0 Å². The Balaban J connectivity index is 2.02. The van der Waals surface area contributed by atoms with Crippen LogP contribution in [0.2, 0.25) is 0 Å². The molecular formula is C15H22N2O3. The summed E-state index contributed by atoms with van der Waals surface area (Å²) < 4.78 is 1.83. The van der Waals surface area contributed by atoms with Gasteiger partial charge in [0.05, 0.1) is 0 Å². The molecule has 110 valence electrons. The maximum Gasteiger partial charge on any atom is 0.303 e. The number of likely N-dealkylation sites (tertiary alicyclic amines) is 1. The molecule has 5 nitrogen and oxygen atoms in total. The molecular weight excluding hydrogens is 256 g/mol. The first-order valence-corrected chi connectivity index (χ1v) is 7.11. The van der Waals surface area contributed by atoms with E-state index in [1.807, 2.05) is 41.8 Å². The second kappa shape index (κ2) is 6.11. The second-order valence-corrected chi connectivity index (χ2v) is 5.73. The van der Waals surface area contributed by atoms with Gasteiger partial charge < -0.3 is 14.6 Å². The highest BCUT2D eigenvalue weighted by Crippen LogP contribution is 2.27. The van der Waals surface area contributed by atoms with Crippen LogP contribution in [-0.2, 0) is 11.8 Å². The van der Waals surface area contributed by atoms with Crippen LogP contribution >= 0.6 is 0 Å². The van der Waals surface area contributed by atoms with E-state index >= 15 is 0 Å². The molecule has 0 aliphatic carbocycles. The minimum absolute atomic E-state index is 0.0460. The highest BCUT2D eigenvalue weighted by Gasteiger charge is 2.29. The number of carbonyl (C=O) groups is 2. The van der Waals surface area contributed by atoms with E-state index < -0.39 is 5.97 Å². The summed E-state index contributed by atoms with van der Waals surface area (Å²) in [6.07, 6.45) is 3.99. The van der Waals surface area contributed by atoms with Crippen molar-refractivity contribution in [2.24, 2.45) is 18.9 Å². The number of piperidine rings is 1. The second-order valence-electron chi connectivity index (χ2n) is 5.73. The maximum atomic E-state index is 12.5. The number of carboxylic acid groups (broad SMARTS) is 1. The fourth-order valence-corrected chi connectivity index (χ4v) is 2.95. The molecule has 2 atom stereocenters. The van der Waals surface area contributed by atoms with Gasteiger partial charge in [-0.2, -0.15) is 0 Å². The van der Waals surface area contributed by atoms with Crippen molar-refractivity contribution in [1.82, 2.24) is 9.47 Å². The minimum Gasteiger partial charge on any atom is -0.481 e. The van der Waals surface area contributed by atoms with Crippen LogP contribution in [0.5, 0.6) is 0 Å². The third-order valence-electron chi connectivity index (χ3n) is 4.21. The first-order chi connectivity index (χ1) is 9.49.